The summed E-state index contributed by atoms with van der Waals surface area (Å²) in [6.45, 7) is 2.78. The molecule has 1 saturated heterocycles. The fraction of sp³-hybridized carbons (Fsp3) is 0.278. The summed E-state index contributed by atoms with van der Waals surface area (Å²) in [5, 5.41) is 2.93. The van der Waals surface area contributed by atoms with E-state index in [0.717, 1.165) is 29.5 Å². The van der Waals surface area contributed by atoms with E-state index in [0.29, 0.717) is 30.2 Å². The smallest absolute Gasteiger partial charge is 0.255 e. The van der Waals surface area contributed by atoms with Crippen LogP contribution < -0.4 is 14.9 Å². The number of anilines is 3. The average Bonchev–Trinajstić information content (AvgIpc) is 2.61. The molecule has 0 spiro atoms. The highest BCUT2D eigenvalue weighted by Gasteiger charge is 2.17. The quantitative estimate of drug-likeness (QED) is 0.726. The van der Waals surface area contributed by atoms with Crippen LogP contribution in [0.2, 0.25) is 0 Å². The number of nitrogens with one attached hydrogen (secondary N) is 2. The Labute approximate surface area is 166 Å². The summed E-state index contributed by atoms with van der Waals surface area (Å²) < 4.78 is 31.4. The first-order chi connectivity index (χ1) is 12.8. The van der Waals surface area contributed by atoms with Crippen molar-refractivity contribution in [2.75, 3.05) is 47.5 Å². The monoisotopic (exact) mass is 453 g/mol. The third-order valence-corrected chi connectivity index (χ3v) is 5.09. The number of hydrogen-bond donors (Lipinski definition) is 2. The maximum absolute atomic E-state index is 12.7. The SMILES string of the molecule is CS(=O)(=O)Nc1cccc(C(=O)Nc2cc(Br)ccc2N2CCOCC2)c1. The van der Waals surface area contributed by atoms with Gasteiger partial charge in [-0.2, -0.15) is 0 Å². The first-order valence-corrected chi connectivity index (χ1v) is 11.0. The van der Waals surface area contributed by atoms with Crippen molar-refractivity contribution in [1.82, 2.24) is 0 Å². The van der Waals surface area contributed by atoms with Crippen molar-refractivity contribution in [1.29, 1.82) is 0 Å². The highest BCUT2D eigenvalue weighted by molar-refractivity contribution is 9.10. The van der Waals surface area contributed by atoms with Gasteiger partial charge < -0.3 is 15.0 Å². The molecule has 0 radical (unpaired) electrons. The summed E-state index contributed by atoms with van der Waals surface area (Å²) in [6.07, 6.45) is 1.07. The van der Waals surface area contributed by atoms with E-state index in [2.05, 4.69) is 30.9 Å². The molecule has 1 fully saturated rings. The van der Waals surface area contributed by atoms with Crippen molar-refractivity contribution < 1.29 is 17.9 Å². The molecule has 0 unspecified atom stereocenters. The largest absolute Gasteiger partial charge is 0.378 e. The summed E-state index contributed by atoms with van der Waals surface area (Å²) in [6, 6.07) is 12.1. The maximum atomic E-state index is 12.7. The van der Waals surface area contributed by atoms with Crippen molar-refractivity contribution in [2.45, 2.75) is 0 Å². The highest BCUT2D eigenvalue weighted by Crippen LogP contribution is 2.30. The molecule has 1 aliphatic heterocycles. The van der Waals surface area contributed by atoms with E-state index in [1.54, 1.807) is 18.2 Å². The molecule has 9 heteroatoms. The van der Waals surface area contributed by atoms with E-state index in [4.69, 9.17) is 4.74 Å². The van der Waals surface area contributed by atoms with E-state index < -0.39 is 10.0 Å². The fourth-order valence-corrected chi connectivity index (χ4v) is 3.74. The van der Waals surface area contributed by atoms with Crippen LogP contribution in [0.4, 0.5) is 17.1 Å². The van der Waals surface area contributed by atoms with Gasteiger partial charge in [0.25, 0.3) is 5.91 Å². The Kier molecular flexibility index (Phi) is 6.03. The van der Waals surface area contributed by atoms with Crippen molar-refractivity contribution in [2.24, 2.45) is 0 Å². The predicted molar refractivity (Wildman–Crippen MR) is 110 cm³/mol. The zero-order chi connectivity index (χ0) is 19.4. The molecule has 144 valence electrons. The van der Waals surface area contributed by atoms with Crippen LogP contribution in [-0.2, 0) is 14.8 Å². The third-order valence-electron chi connectivity index (χ3n) is 3.99. The second-order valence-electron chi connectivity index (χ2n) is 6.17. The van der Waals surface area contributed by atoms with Crippen LogP contribution in [0, 0.1) is 0 Å². The van der Waals surface area contributed by atoms with Crippen LogP contribution in [0.15, 0.2) is 46.9 Å². The minimum atomic E-state index is -3.41. The van der Waals surface area contributed by atoms with Gasteiger partial charge in [0.1, 0.15) is 0 Å². The maximum Gasteiger partial charge on any atom is 0.255 e. The minimum Gasteiger partial charge on any atom is -0.378 e. The minimum absolute atomic E-state index is 0.320. The Balaban J connectivity index is 1.83. The van der Waals surface area contributed by atoms with Crippen LogP contribution in [0.1, 0.15) is 10.4 Å². The molecule has 7 nitrogen and oxygen atoms in total. The number of hydrogen-bond acceptors (Lipinski definition) is 5. The number of ether oxygens (including phenoxy) is 1. The van der Waals surface area contributed by atoms with Gasteiger partial charge in [-0.05, 0) is 36.4 Å². The van der Waals surface area contributed by atoms with E-state index in [1.165, 1.54) is 6.07 Å². The normalized spacial score (nSPS) is 14.7. The summed E-state index contributed by atoms with van der Waals surface area (Å²) in [5.41, 5.74) is 2.29. The van der Waals surface area contributed by atoms with Crippen molar-refractivity contribution in [3.05, 3.63) is 52.5 Å². The van der Waals surface area contributed by atoms with Gasteiger partial charge in [0.15, 0.2) is 0 Å². The first kappa shape index (κ1) is 19.7. The Morgan fingerprint density at radius 1 is 1.15 bits per heavy atom. The van der Waals surface area contributed by atoms with E-state index in [-0.39, 0.29) is 5.91 Å². The molecule has 0 saturated carbocycles. The van der Waals surface area contributed by atoms with Gasteiger partial charge in [-0.15, -0.1) is 0 Å². The van der Waals surface area contributed by atoms with Crippen LogP contribution in [-0.4, -0.2) is 46.9 Å². The highest BCUT2D eigenvalue weighted by atomic mass is 79.9. The molecule has 1 aliphatic rings. The van der Waals surface area contributed by atoms with Gasteiger partial charge in [-0.3, -0.25) is 9.52 Å². The molecular formula is C18H20BrN3O4S. The lowest BCUT2D eigenvalue weighted by atomic mass is 10.1. The zero-order valence-electron chi connectivity index (χ0n) is 14.7. The lowest BCUT2D eigenvalue weighted by Gasteiger charge is -2.30. The summed E-state index contributed by atoms with van der Waals surface area (Å²) in [4.78, 5) is 14.9. The second kappa shape index (κ2) is 8.28. The average molecular weight is 454 g/mol. The summed E-state index contributed by atoms with van der Waals surface area (Å²) in [5.74, 6) is -0.320. The Hall–Kier alpha value is -2.10. The van der Waals surface area contributed by atoms with Gasteiger partial charge in [-0.25, -0.2) is 8.42 Å². The van der Waals surface area contributed by atoms with Gasteiger partial charge in [-0.1, -0.05) is 22.0 Å². The van der Waals surface area contributed by atoms with Crippen molar-refractivity contribution >= 4 is 48.9 Å². The number of morpholine rings is 1. The van der Waals surface area contributed by atoms with Crippen molar-refractivity contribution in [3.8, 4) is 0 Å². The van der Waals surface area contributed by atoms with Gasteiger partial charge in [0, 0.05) is 28.8 Å². The number of benzene rings is 2. The van der Waals surface area contributed by atoms with Crippen LogP contribution >= 0.6 is 15.9 Å². The number of amides is 1. The number of carbonyl (C=O) groups excluding carboxylic acids is 1. The number of rotatable bonds is 5. The van der Waals surface area contributed by atoms with E-state index in [9.17, 15) is 13.2 Å². The number of sulfonamides is 1. The van der Waals surface area contributed by atoms with Crippen LogP contribution in [0.3, 0.4) is 0 Å². The van der Waals surface area contributed by atoms with Crippen molar-refractivity contribution in [3.63, 3.8) is 0 Å². The molecule has 0 atom stereocenters. The van der Waals surface area contributed by atoms with E-state index in [1.807, 2.05) is 18.2 Å². The predicted octanol–water partition coefficient (Wildman–Crippen LogP) is 2.91. The molecule has 0 aromatic heterocycles. The molecule has 3 rings (SSSR count). The molecular weight excluding hydrogens is 434 g/mol. The molecule has 2 aromatic carbocycles. The van der Waals surface area contributed by atoms with Gasteiger partial charge >= 0.3 is 0 Å². The molecule has 2 aromatic rings. The standard InChI is InChI=1S/C18H20BrN3O4S/c1-27(24,25)21-15-4-2-3-13(11-15)18(23)20-16-12-14(19)5-6-17(16)22-7-9-26-10-8-22/h2-6,11-12,21H,7-10H2,1H3,(H,20,23). The zero-order valence-corrected chi connectivity index (χ0v) is 17.1. The number of nitrogens with zero attached hydrogens (tertiary/aromatic N) is 1. The third kappa shape index (κ3) is 5.44. The number of carbonyl (C=O) groups is 1. The Bertz CT molecular complexity index is 943. The fourth-order valence-electron chi connectivity index (χ4n) is 2.82. The molecule has 0 bridgehead atoms. The molecule has 1 heterocycles. The lowest BCUT2D eigenvalue weighted by Crippen LogP contribution is -2.36. The van der Waals surface area contributed by atoms with Gasteiger partial charge in [0.2, 0.25) is 10.0 Å². The Morgan fingerprint density at radius 3 is 2.59 bits per heavy atom. The lowest BCUT2D eigenvalue weighted by molar-refractivity contribution is 0.102. The number of halogens is 1. The summed E-state index contributed by atoms with van der Waals surface area (Å²) in [7, 11) is -3.41. The molecule has 2 N–H and O–H groups in total. The van der Waals surface area contributed by atoms with Gasteiger partial charge in [0.05, 0.1) is 30.8 Å². The molecule has 1 amide bonds. The first-order valence-electron chi connectivity index (χ1n) is 8.33. The van der Waals surface area contributed by atoms with E-state index >= 15 is 0 Å². The second-order valence-corrected chi connectivity index (χ2v) is 8.83. The van der Waals surface area contributed by atoms with Crippen LogP contribution in [0.5, 0.6) is 0 Å². The Morgan fingerprint density at radius 2 is 1.89 bits per heavy atom. The van der Waals surface area contributed by atoms with Crippen LogP contribution in [0.25, 0.3) is 0 Å². The summed E-state index contributed by atoms with van der Waals surface area (Å²) >= 11 is 3.44. The topological polar surface area (TPSA) is 87.7 Å². The molecule has 0 aliphatic carbocycles. The molecule has 27 heavy (non-hydrogen) atoms.